The molecule has 162 valence electrons. The van der Waals surface area contributed by atoms with Crippen molar-refractivity contribution in [2.75, 3.05) is 26.1 Å². The molecular formula is C24H22N4O3S. The number of benzene rings is 3. The molecule has 8 heteroatoms. The molecule has 7 nitrogen and oxygen atoms in total. The van der Waals surface area contributed by atoms with E-state index in [1.54, 1.807) is 30.5 Å². The van der Waals surface area contributed by atoms with Crippen molar-refractivity contribution in [3.8, 4) is 16.9 Å². The topological polar surface area (TPSA) is 91.1 Å². The molecule has 0 radical (unpaired) electrons. The molecular weight excluding hydrogens is 424 g/mol. The average molecular weight is 447 g/mol. The van der Waals surface area contributed by atoms with E-state index >= 15 is 0 Å². The first-order valence-electron chi connectivity index (χ1n) is 10.0. The van der Waals surface area contributed by atoms with Crippen molar-refractivity contribution in [3.05, 3.63) is 66.9 Å². The van der Waals surface area contributed by atoms with Crippen LogP contribution in [0.15, 0.2) is 76.8 Å². The predicted molar refractivity (Wildman–Crippen MR) is 126 cm³/mol. The number of fused-ring (bicyclic) bond motifs is 2. The number of nitrogens with one attached hydrogen (secondary N) is 2. The first-order chi connectivity index (χ1) is 15.4. The fraction of sp³-hybridized carbons (Fsp3) is 0.125. The molecule has 0 saturated carbocycles. The lowest BCUT2D eigenvalue weighted by atomic mass is 10.0. The molecule has 0 atom stereocenters. The molecule has 3 aromatic carbocycles. The number of hydrogen-bond donors (Lipinski definition) is 2. The number of anilines is 1. The summed E-state index contributed by atoms with van der Waals surface area (Å²) in [6.07, 6.45) is 1.76. The normalized spacial score (nSPS) is 11.8. The van der Waals surface area contributed by atoms with Crippen molar-refractivity contribution in [3.63, 3.8) is 0 Å². The van der Waals surface area contributed by atoms with E-state index in [1.165, 1.54) is 7.11 Å². The Morgan fingerprint density at radius 2 is 1.62 bits per heavy atom. The zero-order valence-electron chi connectivity index (χ0n) is 17.9. The first kappa shape index (κ1) is 20.1. The van der Waals surface area contributed by atoms with Crippen LogP contribution in [0, 0.1) is 0 Å². The van der Waals surface area contributed by atoms with E-state index in [-0.39, 0.29) is 9.92 Å². The van der Waals surface area contributed by atoms with Gasteiger partial charge < -0.3 is 14.6 Å². The Morgan fingerprint density at radius 3 is 2.41 bits per heavy atom. The summed E-state index contributed by atoms with van der Waals surface area (Å²) >= 11 is 0. The highest BCUT2D eigenvalue weighted by Crippen LogP contribution is 2.35. The van der Waals surface area contributed by atoms with Gasteiger partial charge in [-0.15, -0.1) is 0 Å². The Labute approximate surface area is 185 Å². The number of aromatic nitrogens is 3. The van der Waals surface area contributed by atoms with E-state index in [9.17, 15) is 8.42 Å². The summed E-state index contributed by atoms with van der Waals surface area (Å²) in [5.74, 6) is 0.294. The molecule has 32 heavy (non-hydrogen) atoms. The third-order valence-electron chi connectivity index (χ3n) is 5.61. The van der Waals surface area contributed by atoms with Gasteiger partial charge in [0.2, 0.25) is 9.84 Å². The quantitative estimate of drug-likeness (QED) is 0.411. The maximum absolute atomic E-state index is 13.5. The van der Waals surface area contributed by atoms with Crippen molar-refractivity contribution in [1.82, 2.24) is 15.2 Å². The lowest BCUT2D eigenvalue weighted by Crippen LogP contribution is -2.07. The summed E-state index contributed by atoms with van der Waals surface area (Å²) in [5.41, 5.74) is 4.51. The fourth-order valence-electron chi connectivity index (χ4n) is 3.83. The summed E-state index contributed by atoms with van der Waals surface area (Å²) in [5, 5.41) is 8.92. The second-order valence-corrected chi connectivity index (χ2v) is 9.73. The minimum atomic E-state index is -3.81. The van der Waals surface area contributed by atoms with E-state index < -0.39 is 9.84 Å². The van der Waals surface area contributed by atoms with Gasteiger partial charge in [-0.3, -0.25) is 5.10 Å². The van der Waals surface area contributed by atoms with E-state index in [4.69, 9.17) is 4.74 Å². The molecule has 5 aromatic rings. The molecule has 0 saturated heterocycles. The molecule has 0 aliphatic carbocycles. The number of hydrogen-bond acceptors (Lipinski definition) is 5. The number of H-pyrrole nitrogens is 2. The van der Waals surface area contributed by atoms with Crippen molar-refractivity contribution in [2.24, 2.45) is 0 Å². The largest absolute Gasteiger partial charge is 0.495 e. The lowest BCUT2D eigenvalue weighted by molar-refractivity contribution is 0.403. The maximum Gasteiger partial charge on any atom is 0.225 e. The molecule has 0 bridgehead atoms. The standard InChI is InChI=1S/C24H22N4O3S/c1-28(2)19-6-8-20-17(11-19)13-24(26-20)32(29,30)23-9-5-16(12-22(23)31-3)15-4-7-21-18(10-15)14-25-27-21/h4-14,26H,1-3H3,(H,25,27). The predicted octanol–water partition coefficient (Wildman–Crippen LogP) is 4.62. The van der Waals surface area contributed by atoms with Gasteiger partial charge in [0.05, 0.1) is 18.8 Å². The molecule has 0 spiro atoms. The highest BCUT2D eigenvalue weighted by molar-refractivity contribution is 7.91. The minimum absolute atomic E-state index is 0.118. The lowest BCUT2D eigenvalue weighted by Gasteiger charge is -2.11. The van der Waals surface area contributed by atoms with Gasteiger partial charge in [-0.25, -0.2) is 8.42 Å². The van der Waals surface area contributed by atoms with Gasteiger partial charge >= 0.3 is 0 Å². The van der Waals surface area contributed by atoms with Crippen LogP contribution >= 0.6 is 0 Å². The van der Waals surface area contributed by atoms with Crippen molar-refractivity contribution >= 4 is 37.3 Å². The summed E-state index contributed by atoms with van der Waals surface area (Å²) in [7, 11) is 1.56. The monoisotopic (exact) mass is 446 g/mol. The van der Waals surface area contributed by atoms with Crippen molar-refractivity contribution in [2.45, 2.75) is 9.92 Å². The average Bonchev–Trinajstić information content (AvgIpc) is 3.44. The molecule has 0 unspecified atom stereocenters. The second kappa shape index (κ2) is 7.42. The minimum Gasteiger partial charge on any atom is -0.495 e. The van der Waals surface area contributed by atoms with Gasteiger partial charge in [-0.05, 0) is 59.7 Å². The van der Waals surface area contributed by atoms with E-state index in [1.807, 2.05) is 55.4 Å². The van der Waals surface area contributed by atoms with Crippen LogP contribution in [0.25, 0.3) is 32.9 Å². The first-order valence-corrected chi connectivity index (χ1v) is 11.5. The number of aromatic amines is 2. The van der Waals surface area contributed by atoms with Crippen LogP contribution < -0.4 is 9.64 Å². The SMILES string of the molecule is COc1cc(-c2ccc3[nH]ncc3c2)ccc1S(=O)(=O)c1cc2cc(N(C)C)ccc2[nH]1. The van der Waals surface area contributed by atoms with Gasteiger partial charge in [-0.2, -0.15) is 5.10 Å². The maximum atomic E-state index is 13.5. The van der Waals surface area contributed by atoms with Crippen molar-refractivity contribution in [1.29, 1.82) is 0 Å². The summed E-state index contributed by atoms with van der Waals surface area (Å²) < 4.78 is 32.4. The Morgan fingerprint density at radius 1 is 0.875 bits per heavy atom. The zero-order valence-corrected chi connectivity index (χ0v) is 18.7. The Hall–Kier alpha value is -3.78. The van der Waals surface area contributed by atoms with Gasteiger partial charge in [0.25, 0.3) is 0 Å². The molecule has 5 rings (SSSR count). The molecule has 0 aliphatic rings. The number of sulfone groups is 1. The number of methoxy groups -OCH3 is 1. The zero-order chi connectivity index (χ0) is 22.5. The van der Waals surface area contributed by atoms with Crippen molar-refractivity contribution < 1.29 is 13.2 Å². The third kappa shape index (κ3) is 3.29. The highest BCUT2D eigenvalue weighted by atomic mass is 32.2. The highest BCUT2D eigenvalue weighted by Gasteiger charge is 2.25. The smallest absolute Gasteiger partial charge is 0.225 e. The number of ether oxygens (including phenoxy) is 1. The van der Waals surface area contributed by atoms with Gasteiger partial charge in [0, 0.05) is 36.1 Å². The van der Waals surface area contributed by atoms with Gasteiger partial charge in [-0.1, -0.05) is 12.1 Å². The number of rotatable bonds is 5. The van der Waals surface area contributed by atoms with Crippen LogP contribution in [0.3, 0.4) is 0 Å². The molecule has 2 aromatic heterocycles. The van der Waals surface area contributed by atoms with Gasteiger partial charge in [0.1, 0.15) is 15.7 Å². The molecule has 2 heterocycles. The Bertz CT molecular complexity index is 1570. The fourth-order valence-corrected chi connectivity index (χ4v) is 5.24. The van der Waals surface area contributed by atoms with E-state index in [0.717, 1.165) is 38.6 Å². The van der Waals surface area contributed by atoms with Crippen LogP contribution in [0.1, 0.15) is 0 Å². The Balaban J connectivity index is 1.58. The number of nitrogens with zero attached hydrogens (tertiary/aromatic N) is 2. The van der Waals surface area contributed by atoms with Crippen LogP contribution in [0.5, 0.6) is 5.75 Å². The third-order valence-corrected chi connectivity index (χ3v) is 7.33. The summed E-state index contributed by atoms with van der Waals surface area (Å²) in [6.45, 7) is 0. The second-order valence-electron chi connectivity index (χ2n) is 7.84. The van der Waals surface area contributed by atoms with Crippen LogP contribution in [-0.4, -0.2) is 44.8 Å². The molecule has 0 fully saturated rings. The van der Waals surface area contributed by atoms with Crippen LogP contribution in [-0.2, 0) is 9.84 Å². The van der Waals surface area contributed by atoms with Gasteiger partial charge in [0.15, 0.2) is 0 Å². The molecule has 0 amide bonds. The summed E-state index contributed by atoms with van der Waals surface area (Å²) in [4.78, 5) is 5.14. The molecule has 2 N–H and O–H groups in total. The Kier molecular flexibility index (Phi) is 4.67. The molecule has 0 aliphatic heterocycles. The van der Waals surface area contributed by atoms with E-state index in [2.05, 4.69) is 15.2 Å². The van der Waals surface area contributed by atoms with Crippen LogP contribution in [0.4, 0.5) is 5.69 Å². The summed E-state index contributed by atoms with van der Waals surface area (Å²) in [6, 6.07) is 18.5. The van der Waals surface area contributed by atoms with Crippen LogP contribution in [0.2, 0.25) is 0 Å². The van der Waals surface area contributed by atoms with E-state index in [0.29, 0.717) is 5.75 Å².